The number of nitrogens with zero attached hydrogens (tertiary/aromatic N) is 1. The minimum absolute atomic E-state index is 0.497. The summed E-state index contributed by atoms with van der Waals surface area (Å²) in [7, 11) is 0. The summed E-state index contributed by atoms with van der Waals surface area (Å²) >= 11 is 0. The van der Waals surface area contributed by atoms with Crippen LogP contribution in [-0.4, -0.2) is 4.98 Å². The first-order valence-electron chi connectivity index (χ1n) is 6.68. The third kappa shape index (κ3) is 2.29. The van der Waals surface area contributed by atoms with Crippen LogP contribution in [0.2, 0.25) is 0 Å². The van der Waals surface area contributed by atoms with Crippen molar-refractivity contribution in [3.63, 3.8) is 0 Å². The highest BCUT2D eigenvalue weighted by Gasteiger charge is 2.26. The molecule has 1 heteroatoms. The zero-order valence-electron chi connectivity index (χ0n) is 11.5. The van der Waals surface area contributed by atoms with Crippen LogP contribution in [0.4, 0.5) is 0 Å². The Hall–Kier alpha value is -1.11. The van der Waals surface area contributed by atoms with E-state index in [0.29, 0.717) is 5.92 Å². The van der Waals surface area contributed by atoms with E-state index in [9.17, 15) is 0 Å². The van der Waals surface area contributed by atoms with Gasteiger partial charge in [0.1, 0.15) is 0 Å². The smallest absolute Gasteiger partial charge is 0.0662 e. The van der Waals surface area contributed by atoms with Crippen LogP contribution in [-0.2, 0) is 12.8 Å². The van der Waals surface area contributed by atoms with Gasteiger partial charge in [-0.25, -0.2) is 0 Å². The molecular weight excluding hydrogens is 206 g/mol. The highest BCUT2D eigenvalue weighted by molar-refractivity contribution is 5.53. The molecule has 2 rings (SSSR count). The number of fused-ring (bicyclic) bond motifs is 1. The molecule has 1 aliphatic rings. The molecule has 0 radical (unpaired) electrons. The van der Waals surface area contributed by atoms with E-state index in [1.54, 1.807) is 0 Å². The van der Waals surface area contributed by atoms with Crippen molar-refractivity contribution in [2.24, 2.45) is 11.8 Å². The van der Waals surface area contributed by atoms with Crippen LogP contribution in [0.1, 0.15) is 56.1 Å². The standard InChI is InChI=1S/C16H23N/c1-6-15-14-8-12(10(2)3)7-13(14)9-16(17-15)11(4)5/h6,9-12H,1,7-8H2,2-5H3. The summed E-state index contributed by atoms with van der Waals surface area (Å²) in [5, 5.41) is 0. The predicted molar refractivity (Wildman–Crippen MR) is 74.2 cm³/mol. The van der Waals surface area contributed by atoms with Crippen LogP contribution in [0.3, 0.4) is 0 Å². The molecule has 0 N–H and O–H groups in total. The van der Waals surface area contributed by atoms with Crippen molar-refractivity contribution in [3.05, 3.63) is 35.2 Å². The maximum atomic E-state index is 4.74. The average Bonchev–Trinajstić information content (AvgIpc) is 2.71. The van der Waals surface area contributed by atoms with Gasteiger partial charge in [0.05, 0.1) is 5.69 Å². The number of hydrogen-bond donors (Lipinski definition) is 0. The van der Waals surface area contributed by atoms with Gasteiger partial charge in [-0.3, -0.25) is 4.98 Å². The maximum absolute atomic E-state index is 4.74. The summed E-state index contributed by atoms with van der Waals surface area (Å²) < 4.78 is 0. The highest BCUT2D eigenvalue weighted by atomic mass is 14.7. The Morgan fingerprint density at radius 3 is 2.53 bits per heavy atom. The Bertz CT molecular complexity index is 429. The lowest BCUT2D eigenvalue weighted by Crippen LogP contribution is -2.07. The number of aromatic nitrogens is 1. The Morgan fingerprint density at radius 1 is 1.29 bits per heavy atom. The predicted octanol–water partition coefficient (Wildman–Crippen LogP) is 4.22. The van der Waals surface area contributed by atoms with E-state index in [1.807, 2.05) is 6.08 Å². The fraction of sp³-hybridized carbons (Fsp3) is 0.562. The van der Waals surface area contributed by atoms with E-state index in [0.717, 1.165) is 17.5 Å². The third-order valence-corrected chi connectivity index (χ3v) is 3.94. The zero-order chi connectivity index (χ0) is 12.6. The van der Waals surface area contributed by atoms with Crippen LogP contribution >= 0.6 is 0 Å². The van der Waals surface area contributed by atoms with E-state index in [4.69, 9.17) is 4.98 Å². The summed E-state index contributed by atoms with van der Waals surface area (Å²) in [5.74, 6) is 2.03. The van der Waals surface area contributed by atoms with Gasteiger partial charge >= 0.3 is 0 Å². The fourth-order valence-corrected chi connectivity index (χ4v) is 2.64. The van der Waals surface area contributed by atoms with Crippen molar-refractivity contribution in [2.75, 3.05) is 0 Å². The molecule has 0 fully saturated rings. The summed E-state index contributed by atoms with van der Waals surface area (Å²) in [5.41, 5.74) is 5.29. The Labute approximate surface area is 105 Å². The molecule has 0 amide bonds. The van der Waals surface area contributed by atoms with Crippen molar-refractivity contribution in [1.82, 2.24) is 4.98 Å². The van der Waals surface area contributed by atoms with Crippen molar-refractivity contribution >= 4 is 6.08 Å². The van der Waals surface area contributed by atoms with E-state index < -0.39 is 0 Å². The Kier molecular flexibility index (Phi) is 3.37. The van der Waals surface area contributed by atoms with Gasteiger partial charge in [-0.1, -0.05) is 34.3 Å². The first-order chi connectivity index (χ1) is 8.02. The first kappa shape index (κ1) is 12.3. The van der Waals surface area contributed by atoms with Gasteiger partial charge in [-0.15, -0.1) is 0 Å². The molecule has 0 saturated carbocycles. The molecule has 1 aromatic heterocycles. The van der Waals surface area contributed by atoms with Gasteiger partial charge in [-0.05, 0) is 53.9 Å². The van der Waals surface area contributed by atoms with Crippen molar-refractivity contribution in [3.8, 4) is 0 Å². The third-order valence-electron chi connectivity index (χ3n) is 3.94. The van der Waals surface area contributed by atoms with Gasteiger partial charge in [0.15, 0.2) is 0 Å². The molecule has 1 heterocycles. The second kappa shape index (κ2) is 4.64. The molecule has 0 aromatic carbocycles. The molecule has 0 aliphatic heterocycles. The van der Waals surface area contributed by atoms with Crippen molar-refractivity contribution in [2.45, 2.75) is 46.5 Å². The molecule has 92 valence electrons. The van der Waals surface area contributed by atoms with Crippen molar-refractivity contribution < 1.29 is 0 Å². The maximum Gasteiger partial charge on any atom is 0.0662 e. The molecule has 1 unspecified atom stereocenters. The largest absolute Gasteiger partial charge is 0.253 e. The molecule has 0 saturated heterocycles. The van der Waals surface area contributed by atoms with Crippen LogP contribution < -0.4 is 0 Å². The molecule has 1 aromatic rings. The summed E-state index contributed by atoms with van der Waals surface area (Å²) in [6.45, 7) is 13.0. The molecule has 1 aliphatic carbocycles. The average molecular weight is 229 g/mol. The monoisotopic (exact) mass is 229 g/mol. The first-order valence-corrected chi connectivity index (χ1v) is 6.68. The minimum Gasteiger partial charge on any atom is -0.253 e. The summed E-state index contributed by atoms with van der Waals surface area (Å²) in [6.07, 6.45) is 4.32. The van der Waals surface area contributed by atoms with Gasteiger partial charge in [-0.2, -0.15) is 0 Å². The normalized spacial score (nSPS) is 18.8. The SMILES string of the molecule is C=Cc1nc(C(C)C)cc2c1CC(C(C)C)C2. The molecule has 1 atom stereocenters. The number of pyridine rings is 1. The molecular formula is C16H23N. The van der Waals surface area contributed by atoms with Crippen molar-refractivity contribution in [1.29, 1.82) is 0 Å². The molecule has 17 heavy (non-hydrogen) atoms. The van der Waals surface area contributed by atoms with Crippen LogP contribution in [0.5, 0.6) is 0 Å². The fourth-order valence-electron chi connectivity index (χ4n) is 2.64. The van der Waals surface area contributed by atoms with Crippen LogP contribution in [0.15, 0.2) is 12.6 Å². The lowest BCUT2D eigenvalue weighted by Gasteiger charge is -2.12. The molecule has 0 bridgehead atoms. The summed E-state index contributed by atoms with van der Waals surface area (Å²) in [4.78, 5) is 4.74. The zero-order valence-corrected chi connectivity index (χ0v) is 11.5. The van der Waals surface area contributed by atoms with E-state index in [1.165, 1.54) is 29.7 Å². The van der Waals surface area contributed by atoms with Gasteiger partial charge in [0.25, 0.3) is 0 Å². The number of rotatable bonds is 3. The second-order valence-electron chi connectivity index (χ2n) is 5.84. The van der Waals surface area contributed by atoms with E-state index >= 15 is 0 Å². The lowest BCUT2D eigenvalue weighted by molar-refractivity contribution is 0.404. The molecule has 1 nitrogen and oxygen atoms in total. The van der Waals surface area contributed by atoms with Gasteiger partial charge < -0.3 is 0 Å². The molecule has 0 spiro atoms. The van der Waals surface area contributed by atoms with Crippen LogP contribution in [0.25, 0.3) is 6.08 Å². The second-order valence-corrected chi connectivity index (χ2v) is 5.84. The summed E-state index contributed by atoms with van der Waals surface area (Å²) in [6, 6.07) is 2.31. The Morgan fingerprint density at radius 2 is 2.00 bits per heavy atom. The lowest BCUT2D eigenvalue weighted by atomic mass is 9.93. The van der Waals surface area contributed by atoms with E-state index in [2.05, 4.69) is 40.3 Å². The topological polar surface area (TPSA) is 12.9 Å². The van der Waals surface area contributed by atoms with Gasteiger partial charge in [0, 0.05) is 5.69 Å². The van der Waals surface area contributed by atoms with E-state index in [-0.39, 0.29) is 0 Å². The highest BCUT2D eigenvalue weighted by Crippen LogP contribution is 2.34. The minimum atomic E-state index is 0.497. The number of hydrogen-bond acceptors (Lipinski definition) is 1. The Balaban J connectivity index is 2.42. The van der Waals surface area contributed by atoms with Crippen LogP contribution in [0, 0.1) is 11.8 Å². The van der Waals surface area contributed by atoms with Gasteiger partial charge in [0.2, 0.25) is 0 Å². The quantitative estimate of drug-likeness (QED) is 0.756.